The maximum absolute atomic E-state index is 13.7. The van der Waals surface area contributed by atoms with Crippen LogP contribution in [0.4, 0.5) is 5.69 Å². The van der Waals surface area contributed by atoms with E-state index in [1.54, 1.807) is 31.4 Å². The number of hydrogen-bond acceptors (Lipinski definition) is 6. The zero-order chi connectivity index (χ0) is 25.2. The number of nitrogens with zero attached hydrogens (tertiary/aromatic N) is 3. The first-order valence-corrected chi connectivity index (χ1v) is 13.1. The summed E-state index contributed by atoms with van der Waals surface area (Å²) in [5, 5.41) is 6.31. The minimum atomic E-state index is -0.470. The largest absolute Gasteiger partial charge is 0.497 e. The van der Waals surface area contributed by atoms with Crippen LogP contribution in [0.25, 0.3) is 0 Å². The van der Waals surface area contributed by atoms with Crippen LogP contribution < -0.4 is 10.1 Å². The molecule has 3 heterocycles. The van der Waals surface area contributed by atoms with Crippen molar-refractivity contribution in [3.05, 3.63) is 81.5 Å². The van der Waals surface area contributed by atoms with E-state index >= 15 is 0 Å². The second-order valence-electron chi connectivity index (χ2n) is 8.90. The summed E-state index contributed by atoms with van der Waals surface area (Å²) >= 11 is 7.86. The summed E-state index contributed by atoms with van der Waals surface area (Å²) in [6.07, 6.45) is 2.34. The molecule has 1 fully saturated rings. The standard InChI is InChI=1S/C27H27ClN4O3S/c1-17-24(26(34)30-20-8-10-22(35-2)11-9-20)25(18-6-5-7-19(28)14-18)32-21(16-36-27(32)29-17)15-23(33)31-12-3-4-13-31/h5-11,14,16,25H,3-4,12-13,15H2,1-2H3,(H,30,34)/t25-/m0/s1. The topological polar surface area (TPSA) is 74.2 Å². The van der Waals surface area contributed by atoms with Crippen molar-refractivity contribution >= 4 is 46.0 Å². The van der Waals surface area contributed by atoms with Crippen LogP contribution >= 0.6 is 23.4 Å². The molecule has 1 N–H and O–H groups in total. The molecule has 0 aliphatic carbocycles. The number of fused-ring (bicyclic) bond motifs is 1. The molecule has 0 aromatic heterocycles. The van der Waals surface area contributed by atoms with Crippen molar-refractivity contribution in [2.45, 2.75) is 32.2 Å². The Labute approximate surface area is 219 Å². The van der Waals surface area contributed by atoms with Crippen LogP contribution in [-0.2, 0) is 9.59 Å². The SMILES string of the molecule is COc1ccc(NC(=O)C2=C(C)N=C3SC=C(CC(=O)N4CCCC4)N3[C@H]2c2cccc(Cl)c2)cc1. The van der Waals surface area contributed by atoms with Crippen molar-refractivity contribution in [3.63, 3.8) is 0 Å². The fourth-order valence-electron chi connectivity index (χ4n) is 4.76. The molecule has 0 bridgehead atoms. The van der Waals surface area contributed by atoms with E-state index in [9.17, 15) is 9.59 Å². The molecule has 0 unspecified atom stereocenters. The number of hydrogen-bond donors (Lipinski definition) is 1. The van der Waals surface area contributed by atoms with Gasteiger partial charge in [-0.2, -0.15) is 0 Å². The van der Waals surface area contributed by atoms with Gasteiger partial charge in [-0.15, -0.1) is 0 Å². The number of methoxy groups -OCH3 is 1. The molecule has 0 saturated carbocycles. The number of nitrogens with one attached hydrogen (secondary N) is 1. The van der Waals surface area contributed by atoms with Crippen LogP contribution in [0.5, 0.6) is 5.75 Å². The highest BCUT2D eigenvalue weighted by atomic mass is 35.5. The summed E-state index contributed by atoms with van der Waals surface area (Å²) < 4.78 is 5.22. The van der Waals surface area contributed by atoms with Gasteiger partial charge in [0.1, 0.15) is 5.75 Å². The van der Waals surface area contributed by atoms with E-state index in [2.05, 4.69) is 5.32 Å². The molecule has 2 amide bonds. The first kappa shape index (κ1) is 24.5. The number of carbonyl (C=O) groups excluding carboxylic acids is 2. The van der Waals surface area contributed by atoms with Crippen molar-refractivity contribution in [2.75, 3.05) is 25.5 Å². The molecule has 2 aromatic carbocycles. The highest BCUT2D eigenvalue weighted by molar-refractivity contribution is 8.16. The number of halogens is 1. The van der Waals surface area contributed by atoms with Crippen molar-refractivity contribution < 1.29 is 14.3 Å². The van der Waals surface area contributed by atoms with Crippen molar-refractivity contribution in [2.24, 2.45) is 4.99 Å². The number of allylic oxidation sites excluding steroid dienone is 1. The number of amides is 2. The van der Waals surface area contributed by atoms with Crippen molar-refractivity contribution in [3.8, 4) is 5.75 Å². The Hall–Kier alpha value is -3.23. The number of amidine groups is 1. The molecule has 36 heavy (non-hydrogen) atoms. The normalized spacial score (nSPS) is 19.1. The van der Waals surface area contributed by atoms with Crippen molar-refractivity contribution in [1.82, 2.24) is 9.80 Å². The van der Waals surface area contributed by atoms with Gasteiger partial charge in [-0.05, 0) is 67.1 Å². The Morgan fingerprint density at radius 1 is 1.17 bits per heavy atom. The number of aliphatic imine (C=N–C) groups is 1. The van der Waals surface area contributed by atoms with Crippen molar-refractivity contribution in [1.29, 1.82) is 0 Å². The third-order valence-electron chi connectivity index (χ3n) is 6.55. The summed E-state index contributed by atoms with van der Waals surface area (Å²) in [5.74, 6) is 0.548. The molecule has 9 heteroatoms. The molecule has 7 nitrogen and oxygen atoms in total. The molecule has 186 valence electrons. The summed E-state index contributed by atoms with van der Waals surface area (Å²) in [6, 6.07) is 14.2. The zero-order valence-corrected chi connectivity index (χ0v) is 21.7. The van der Waals surface area contributed by atoms with Gasteiger partial charge in [0.15, 0.2) is 5.17 Å². The molecule has 0 radical (unpaired) electrons. The Kier molecular flexibility index (Phi) is 7.07. The Bertz CT molecular complexity index is 1280. The molecule has 5 rings (SSSR count). The summed E-state index contributed by atoms with van der Waals surface area (Å²) in [4.78, 5) is 35.4. The quantitative estimate of drug-likeness (QED) is 0.536. The minimum absolute atomic E-state index is 0.0981. The number of benzene rings is 2. The lowest BCUT2D eigenvalue weighted by atomic mass is 9.93. The van der Waals surface area contributed by atoms with Gasteiger partial charge in [-0.3, -0.25) is 9.59 Å². The van der Waals surface area contributed by atoms with E-state index in [0.717, 1.165) is 42.4 Å². The smallest absolute Gasteiger partial charge is 0.255 e. The molecule has 1 saturated heterocycles. The van der Waals surface area contributed by atoms with Gasteiger partial charge in [-0.25, -0.2) is 4.99 Å². The van der Waals surface area contributed by atoms with Gasteiger partial charge >= 0.3 is 0 Å². The summed E-state index contributed by atoms with van der Waals surface area (Å²) in [7, 11) is 1.60. The number of anilines is 1. The predicted molar refractivity (Wildman–Crippen MR) is 144 cm³/mol. The Morgan fingerprint density at radius 2 is 1.92 bits per heavy atom. The van der Waals surface area contributed by atoms with Gasteiger partial charge < -0.3 is 19.9 Å². The number of rotatable bonds is 6. The Balaban J connectivity index is 1.49. The zero-order valence-electron chi connectivity index (χ0n) is 20.2. The lowest BCUT2D eigenvalue weighted by Crippen LogP contribution is -2.39. The number of carbonyl (C=O) groups is 2. The fourth-order valence-corrected chi connectivity index (χ4v) is 5.92. The van der Waals surface area contributed by atoms with Gasteiger partial charge in [0.2, 0.25) is 5.91 Å². The van der Waals surface area contributed by atoms with E-state index in [0.29, 0.717) is 27.7 Å². The molecule has 2 aromatic rings. The van der Waals surface area contributed by atoms with Crippen LogP contribution in [-0.4, -0.2) is 47.0 Å². The first-order valence-electron chi connectivity index (χ1n) is 11.9. The lowest BCUT2D eigenvalue weighted by Gasteiger charge is -2.37. The fraction of sp³-hybridized carbons (Fsp3) is 0.296. The van der Waals surface area contributed by atoms with Gasteiger partial charge in [0.25, 0.3) is 5.91 Å². The second kappa shape index (κ2) is 10.4. The second-order valence-corrected chi connectivity index (χ2v) is 10.2. The molecule has 3 aliphatic heterocycles. The Morgan fingerprint density at radius 3 is 2.61 bits per heavy atom. The monoisotopic (exact) mass is 522 g/mol. The maximum atomic E-state index is 13.7. The molecule has 1 atom stereocenters. The van der Waals surface area contributed by atoms with E-state index < -0.39 is 6.04 Å². The molecular weight excluding hydrogens is 496 g/mol. The highest BCUT2D eigenvalue weighted by Crippen LogP contribution is 2.45. The number of ether oxygens (including phenoxy) is 1. The summed E-state index contributed by atoms with van der Waals surface area (Å²) in [5.41, 5.74) is 3.49. The van der Waals surface area contributed by atoms with Crippen LogP contribution in [0.15, 0.2) is 75.9 Å². The number of likely N-dealkylation sites (tertiary alicyclic amines) is 1. The maximum Gasteiger partial charge on any atom is 0.255 e. The van der Waals surface area contributed by atoms with Gasteiger partial charge in [0.05, 0.1) is 30.8 Å². The van der Waals surface area contributed by atoms with E-state index in [-0.39, 0.29) is 18.2 Å². The van der Waals surface area contributed by atoms with Crippen LogP contribution in [0, 0.1) is 0 Å². The highest BCUT2D eigenvalue weighted by Gasteiger charge is 2.41. The first-order chi connectivity index (χ1) is 17.4. The van der Waals surface area contributed by atoms with Gasteiger partial charge in [0, 0.05) is 29.5 Å². The lowest BCUT2D eigenvalue weighted by molar-refractivity contribution is -0.129. The average Bonchev–Trinajstić information content (AvgIpc) is 3.54. The number of thioether (sulfide) groups is 1. The van der Waals surface area contributed by atoms with Crippen LogP contribution in [0.1, 0.15) is 37.8 Å². The predicted octanol–water partition coefficient (Wildman–Crippen LogP) is 5.57. The average molecular weight is 523 g/mol. The molecule has 3 aliphatic rings. The van der Waals surface area contributed by atoms with Gasteiger partial charge in [-0.1, -0.05) is 35.5 Å². The van der Waals surface area contributed by atoms with E-state index in [1.807, 2.05) is 46.4 Å². The van der Waals surface area contributed by atoms with E-state index in [4.69, 9.17) is 21.3 Å². The third-order valence-corrected chi connectivity index (χ3v) is 7.67. The molecular formula is C27H27ClN4O3S. The summed E-state index contributed by atoms with van der Waals surface area (Å²) in [6.45, 7) is 3.44. The van der Waals surface area contributed by atoms with Crippen LogP contribution in [0.3, 0.4) is 0 Å². The minimum Gasteiger partial charge on any atom is -0.497 e. The third kappa shape index (κ3) is 4.88. The molecule has 0 spiro atoms. The van der Waals surface area contributed by atoms with Crippen LogP contribution in [0.2, 0.25) is 5.02 Å². The van der Waals surface area contributed by atoms with E-state index in [1.165, 1.54) is 11.8 Å².